The number of nitrogens with zero attached hydrogens (tertiary/aromatic N) is 2. The molecule has 0 unspecified atom stereocenters. The van der Waals surface area contributed by atoms with Crippen molar-refractivity contribution in [1.29, 1.82) is 0 Å². The Kier molecular flexibility index (Phi) is 3.73. The van der Waals surface area contributed by atoms with Gasteiger partial charge in [0.15, 0.2) is 5.58 Å². The molecule has 0 radical (unpaired) electrons. The molecule has 118 valence electrons. The molecule has 23 heavy (non-hydrogen) atoms. The van der Waals surface area contributed by atoms with Crippen molar-refractivity contribution in [3.8, 4) is 11.5 Å². The fourth-order valence-electron chi connectivity index (χ4n) is 1.97. The molecule has 1 N–H and O–H groups in total. The van der Waals surface area contributed by atoms with Crippen LogP contribution < -0.4 is 5.32 Å². The van der Waals surface area contributed by atoms with Crippen LogP contribution in [0.5, 0.6) is 0 Å². The number of halogens is 3. The summed E-state index contributed by atoms with van der Waals surface area (Å²) in [5.74, 6) is -0.479. The second kappa shape index (κ2) is 5.71. The highest BCUT2D eigenvalue weighted by atomic mass is 19.4. The minimum Gasteiger partial charge on any atom is -0.436 e. The van der Waals surface area contributed by atoms with Crippen molar-refractivity contribution >= 4 is 17.0 Å². The fraction of sp³-hybridized carbons (Fsp3) is 0.133. The summed E-state index contributed by atoms with van der Waals surface area (Å²) in [5, 5.41) is 1.81. The molecule has 0 saturated carbocycles. The minimum absolute atomic E-state index is 0.0799. The number of hydrogen-bond donors (Lipinski definition) is 1. The first-order valence-electron chi connectivity index (χ1n) is 6.58. The highest BCUT2D eigenvalue weighted by molar-refractivity contribution is 5.97. The molecule has 5 nitrogen and oxygen atoms in total. The van der Waals surface area contributed by atoms with Crippen LogP contribution in [-0.2, 0) is 0 Å². The van der Waals surface area contributed by atoms with Gasteiger partial charge in [0.1, 0.15) is 12.1 Å². The molecular weight excluding hydrogens is 311 g/mol. The van der Waals surface area contributed by atoms with Gasteiger partial charge in [0.2, 0.25) is 5.89 Å². The lowest BCUT2D eigenvalue weighted by molar-refractivity contribution is -0.123. The summed E-state index contributed by atoms with van der Waals surface area (Å²) < 4.78 is 41.9. The molecule has 0 aliphatic carbocycles. The molecule has 0 spiro atoms. The summed E-state index contributed by atoms with van der Waals surface area (Å²) >= 11 is 0. The lowest BCUT2D eigenvalue weighted by Crippen LogP contribution is -2.33. The summed E-state index contributed by atoms with van der Waals surface area (Å²) in [7, 11) is 0. The Bertz CT molecular complexity index is 844. The molecule has 0 aliphatic rings. The summed E-state index contributed by atoms with van der Waals surface area (Å²) in [5.41, 5.74) is 1.61. The molecule has 3 rings (SSSR count). The number of amides is 1. The number of alkyl halides is 3. The molecular formula is C15H10F3N3O2. The van der Waals surface area contributed by atoms with E-state index in [0.717, 1.165) is 0 Å². The normalized spacial score (nSPS) is 11.6. The highest BCUT2D eigenvalue weighted by Gasteiger charge is 2.28. The van der Waals surface area contributed by atoms with Crippen molar-refractivity contribution in [2.45, 2.75) is 6.18 Å². The van der Waals surface area contributed by atoms with Gasteiger partial charge in [0, 0.05) is 23.5 Å². The molecule has 0 aliphatic heterocycles. The zero-order chi connectivity index (χ0) is 16.4. The zero-order valence-corrected chi connectivity index (χ0v) is 11.6. The van der Waals surface area contributed by atoms with Crippen LogP contribution in [0.3, 0.4) is 0 Å². The predicted octanol–water partition coefficient (Wildman–Crippen LogP) is 3.18. The first-order valence-corrected chi connectivity index (χ1v) is 6.58. The monoisotopic (exact) mass is 321 g/mol. The van der Waals surface area contributed by atoms with Crippen LogP contribution in [0.4, 0.5) is 13.2 Å². The number of rotatable bonds is 3. The molecule has 0 saturated heterocycles. The van der Waals surface area contributed by atoms with Crippen LogP contribution in [0.2, 0.25) is 0 Å². The van der Waals surface area contributed by atoms with E-state index in [1.165, 1.54) is 18.2 Å². The Balaban J connectivity index is 1.86. The molecule has 0 atom stereocenters. The number of nitrogens with one attached hydrogen (secondary N) is 1. The van der Waals surface area contributed by atoms with E-state index in [1.807, 2.05) is 5.32 Å². The SMILES string of the molecule is O=C(NCC(F)(F)F)c1ccc2oc(-c3ccncc3)nc2c1. The second-order valence-corrected chi connectivity index (χ2v) is 4.74. The van der Waals surface area contributed by atoms with E-state index in [-0.39, 0.29) is 5.56 Å². The van der Waals surface area contributed by atoms with Crippen molar-refractivity contribution in [2.24, 2.45) is 0 Å². The van der Waals surface area contributed by atoms with Crippen LogP contribution in [0.15, 0.2) is 47.1 Å². The van der Waals surface area contributed by atoms with Crippen LogP contribution >= 0.6 is 0 Å². The van der Waals surface area contributed by atoms with Gasteiger partial charge in [-0.3, -0.25) is 9.78 Å². The molecule has 1 amide bonds. The third-order valence-corrected chi connectivity index (χ3v) is 3.03. The van der Waals surface area contributed by atoms with Crippen molar-refractivity contribution in [2.75, 3.05) is 6.54 Å². The van der Waals surface area contributed by atoms with Crippen molar-refractivity contribution in [1.82, 2.24) is 15.3 Å². The quantitative estimate of drug-likeness (QED) is 0.804. The summed E-state index contributed by atoms with van der Waals surface area (Å²) in [4.78, 5) is 19.9. The van der Waals surface area contributed by atoms with Gasteiger partial charge >= 0.3 is 6.18 Å². The van der Waals surface area contributed by atoms with Gasteiger partial charge in [-0.25, -0.2) is 4.98 Å². The van der Waals surface area contributed by atoms with Gasteiger partial charge in [-0.05, 0) is 30.3 Å². The highest BCUT2D eigenvalue weighted by Crippen LogP contribution is 2.24. The number of carbonyl (C=O) groups is 1. The Morgan fingerprint density at radius 3 is 2.61 bits per heavy atom. The maximum Gasteiger partial charge on any atom is 0.405 e. The molecule has 8 heteroatoms. The average Bonchev–Trinajstić information content (AvgIpc) is 2.96. The Morgan fingerprint density at radius 2 is 1.91 bits per heavy atom. The first kappa shape index (κ1) is 15.0. The van der Waals surface area contributed by atoms with Crippen molar-refractivity contribution in [3.05, 3.63) is 48.3 Å². The standard InChI is InChI=1S/C15H10F3N3O2/c16-15(17,18)8-20-13(22)10-1-2-12-11(7-10)21-14(23-12)9-3-5-19-6-4-9/h1-7H,8H2,(H,20,22). The second-order valence-electron chi connectivity index (χ2n) is 4.74. The number of benzene rings is 1. The summed E-state index contributed by atoms with van der Waals surface area (Å²) in [6.45, 7) is -1.38. The van der Waals surface area contributed by atoms with E-state index in [4.69, 9.17) is 4.42 Å². The van der Waals surface area contributed by atoms with Gasteiger partial charge < -0.3 is 9.73 Å². The lowest BCUT2D eigenvalue weighted by Gasteiger charge is -2.07. The van der Waals surface area contributed by atoms with E-state index >= 15 is 0 Å². The van der Waals surface area contributed by atoms with Gasteiger partial charge in [0.25, 0.3) is 5.91 Å². The minimum atomic E-state index is -4.46. The lowest BCUT2D eigenvalue weighted by atomic mass is 10.2. The smallest absolute Gasteiger partial charge is 0.405 e. The van der Waals surface area contributed by atoms with Crippen LogP contribution in [0.1, 0.15) is 10.4 Å². The van der Waals surface area contributed by atoms with E-state index in [1.54, 1.807) is 24.5 Å². The zero-order valence-electron chi connectivity index (χ0n) is 11.6. The molecule has 2 aromatic heterocycles. The first-order chi connectivity index (χ1) is 10.9. The van der Waals surface area contributed by atoms with Gasteiger partial charge in [-0.1, -0.05) is 0 Å². The van der Waals surface area contributed by atoms with Crippen molar-refractivity contribution < 1.29 is 22.4 Å². The van der Waals surface area contributed by atoms with Crippen molar-refractivity contribution in [3.63, 3.8) is 0 Å². The number of fused-ring (bicyclic) bond motifs is 1. The van der Waals surface area contributed by atoms with Crippen LogP contribution in [-0.4, -0.2) is 28.6 Å². The summed E-state index contributed by atoms with van der Waals surface area (Å²) in [6.07, 6.45) is -1.29. The average molecular weight is 321 g/mol. The third kappa shape index (κ3) is 3.47. The number of carbonyl (C=O) groups excluding carboxylic acids is 1. The number of pyridine rings is 1. The predicted molar refractivity (Wildman–Crippen MR) is 75.6 cm³/mol. The van der Waals surface area contributed by atoms with Gasteiger partial charge in [0.05, 0.1) is 0 Å². The maximum atomic E-state index is 12.1. The van der Waals surface area contributed by atoms with E-state index in [0.29, 0.717) is 22.6 Å². The van der Waals surface area contributed by atoms with Crippen LogP contribution in [0, 0.1) is 0 Å². The Labute approximate surface area is 128 Å². The summed E-state index contributed by atoms with van der Waals surface area (Å²) in [6, 6.07) is 7.68. The molecule has 0 bridgehead atoms. The number of hydrogen-bond acceptors (Lipinski definition) is 4. The Hall–Kier alpha value is -2.90. The molecule has 0 fully saturated rings. The topological polar surface area (TPSA) is 68.0 Å². The largest absolute Gasteiger partial charge is 0.436 e. The molecule has 1 aromatic carbocycles. The molecule has 3 aromatic rings. The van der Waals surface area contributed by atoms with Gasteiger partial charge in [-0.15, -0.1) is 0 Å². The fourth-order valence-corrected chi connectivity index (χ4v) is 1.97. The number of oxazole rings is 1. The number of aromatic nitrogens is 2. The molecule has 2 heterocycles. The van der Waals surface area contributed by atoms with Crippen LogP contribution in [0.25, 0.3) is 22.6 Å². The van der Waals surface area contributed by atoms with E-state index < -0.39 is 18.6 Å². The van der Waals surface area contributed by atoms with E-state index in [9.17, 15) is 18.0 Å². The Morgan fingerprint density at radius 1 is 1.17 bits per heavy atom. The third-order valence-electron chi connectivity index (χ3n) is 3.03. The van der Waals surface area contributed by atoms with Gasteiger partial charge in [-0.2, -0.15) is 13.2 Å². The maximum absolute atomic E-state index is 12.1. The van der Waals surface area contributed by atoms with E-state index in [2.05, 4.69) is 9.97 Å².